The number of imide groups is 1. The molecule has 9 nitrogen and oxygen atoms in total. The molecule has 1 aliphatic carbocycles. The molecule has 0 spiro atoms. The number of nitrogens with zero attached hydrogens (tertiary/aromatic N) is 1. The maximum Gasteiger partial charge on any atom is 0.335 e. The fourth-order valence-corrected chi connectivity index (χ4v) is 4.95. The number of Topliss-reactive ketones (excluding diaryl/α,β-unsaturated/α-hetero) is 1. The number of rotatable bonds is 5. The second-order valence-corrected chi connectivity index (χ2v) is 8.16. The van der Waals surface area contributed by atoms with Crippen molar-refractivity contribution in [2.75, 3.05) is 20.3 Å². The van der Waals surface area contributed by atoms with Gasteiger partial charge in [-0.05, 0) is 17.7 Å². The molecule has 1 saturated heterocycles. The molecule has 0 saturated carbocycles. The summed E-state index contributed by atoms with van der Waals surface area (Å²) in [6.45, 7) is 0.512. The molecule has 3 aliphatic rings. The van der Waals surface area contributed by atoms with Crippen molar-refractivity contribution < 1.29 is 29.0 Å². The number of ketones is 1. The quantitative estimate of drug-likeness (QED) is 0.638. The molecule has 2 aliphatic heterocycles. The Hall–Kier alpha value is -3.98. The summed E-state index contributed by atoms with van der Waals surface area (Å²) in [4.78, 5) is 52.1. The zero-order chi connectivity index (χ0) is 23.3. The van der Waals surface area contributed by atoms with Crippen molar-refractivity contribution in [1.82, 2.24) is 15.5 Å². The highest BCUT2D eigenvalue weighted by Crippen LogP contribution is 2.48. The monoisotopic (exact) mass is 447 g/mol. The van der Waals surface area contributed by atoms with Crippen LogP contribution in [-0.2, 0) is 9.53 Å². The van der Waals surface area contributed by atoms with Gasteiger partial charge in [0.2, 0.25) is 5.91 Å². The molecule has 0 aromatic heterocycles. The Morgan fingerprint density at radius 3 is 2.42 bits per heavy atom. The molecule has 2 heterocycles. The van der Waals surface area contributed by atoms with Gasteiger partial charge in [-0.2, -0.15) is 0 Å². The summed E-state index contributed by atoms with van der Waals surface area (Å²) in [5, 5.41) is 15.0. The number of allylic oxidation sites excluding steroid dienone is 1. The van der Waals surface area contributed by atoms with Gasteiger partial charge in [-0.25, -0.2) is 9.59 Å². The summed E-state index contributed by atoms with van der Waals surface area (Å²) in [6, 6.07) is 12.8. The first kappa shape index (κ1) is 20.9. The van der Waals surface area contributed by atoms with E-state index in [-0.39, 0.29) is 24.5 Å². The summed E-state index contributed by atoms with van der Waals surface area (Å²) >= 11 is 0. The molecule has 0 bridgehead atoms. The molecule has 5 rings (SSSR count). The SMILES string of the molecule is COCCN1C(=O)NC(=O)C2C(c3ccc(C(=O)O)cc3)C3=C(NC21)c1ccccc1C3=O. The van der Waals surface area contributed by atoms with E-state index in [2.05, 4.69) is 10.6 Å². The van der Waals surface area contributed by atoms with Crippen molar-refractivity contribution in [1.29, 1.82) is 0 Å². The summed E-state index contributed by atoms with van der Waals surface area (Å²) in [5.41, 5.74) is 3.00. The standard InChI is InChI=1S/C24H21N3O6/c1-33-11-10-27-21-18(22(29)26-24(27)32)16(12-6-8-13(9-7-12)23(30)31)17-19(25-21)14-4-2-3-5-15(14)20(17)28/h2-9,16,18,21,25H,10-11H2,1H3,(H,30,31)(H,26,29,32). The molecule has 3 atom stereocenters. The van der Waals surface area contributed by atoms with Crippen LogP contribution < -0.4 is 10.6 Å². The number of hydrogen-bond acceptors (Lipinski definition) is 6. The summed E-state index contributed by atoms with van der Waals surface area (Å²) in [6.07, 6.45) is -0.705. The smallest absolute Gasteiger partial charge is 0.335 e. The van der Waals surface area contributed by atoms with Gasteiger partial charge in [0, 0.05) is 36.3 Å². The Kier molecular flexibility index (Phi) is 4.98. The second kappa shape index (κ2) is 7.86. The molecule has 168 valence electrons. The first-order chi connectivity index (χ1) is 15.9. The zero-order valence-electron chi connectivity index (χ0n) is 17.7. The maximum absolute atomic E-state index is 13.5. The first-order valence-electron chi connectivity index (χ1n) is 10.5. The lowest BCUT2D eigenvalue weighted by Gasteiger charge is -2.47. The second-order valence-electron chi connectivity index (χ2n) is 8.16. The number of ether oxygens (including phenoxy) is 1. The first-order valence-corrected chi connectivity index (χ1v) is 10.5. The molecule has 3 N–H and O–H groups in total. The van der Waals surface area contributed by atoms with E-state index < -0.39 is 35.9 Å². The van der Waals surface area contributed by atoms with Crippen molar-refractivity contribution in [2.45, 2.75) is 12.1 Å². The average Bonchev–Trinajstić information content (AvgIpc) is 3.10. The van der Waals surface area contributed by atoms with Crippen LogP contribution in [0.15, 0.2) is 54.1 Å². The number of fused-ring (bicyclic) bond motifs is 3. The largest absolute Gasteiger partial charge is 0.478 e. The van der Waals surface area contributed by atoms with Gasteiger partial charge in [-0.15, -0.1) is 0 Å². The lowest BCUT2D eigenvalue weighted by molar-refractivity contribution is -0.129. The van der Waals surface area contributed by atoms with E-state index in [1.54, 1.807) is 24.3 Å². The number of carbonyl (C=O) groups is 4. The molecule has 1 fully saturated rings. The van der Waals surface area contributed by atoms with Crippen LogP contribution in [0.1, 0.15) is 37.8 Å². The minimum atomic E-state index is -1.07. The lowest BCUT2D eigenvalue weighted by Crippen LogP contribution is -2.67. The molecule has 3 unspecified atom stereocenters. The van der Waals surface area contributed by atoms with E-state index in [1.165, 1.54) is 24.1 Å². The van der Waals surface area contributed by atoms with Gasteiger partial charge in [0.15, 0.2) is 5.78 Å². The van der Waals surface area contributed by atoms with Crippen molar-refractivity contribution >= 4 is 29.4 Å². The Balaban J connectivity index is 1.68. The van der Waals surface area contributed by atoms with E-state index in [9.17, 15) is 24.3 Å². The molecular weight excluding hydrogens is 426 g/mol. The third-order valence-corrected chi connectivity index (χ3v) is 6.44. The van der Waals surface area contributed by atoms with Crippen molar-refractivity contribution in [3.63, 3.8) is 0 Å². The topological polar surface area (TPSA) is 125 Å². The van der Waals surface area contributed by atoms with Gasteiger partial charge < -0.3 is 20.1 Å². The van der Waals surface area contributed by atoms with Crippen LogP contribution in [0.4, 0.5) is 4.79 Å². The van der Waals surface area contributed by atoms with Crippen LogP contribution in [0, 0.1) is 5.92 Å². The molecule has 3 amide bonds. The predicted octanol–water partition coefficient (Wildman–Crippen LogP) is 1.82. The minimum Gasteiger partial charge on any atom is -0.478 e. The fraction of sp³-hybridized carbons (Fsp3) is 0.250. The van der Waals surface area contributed by atoms with Crippen molar-refractivity contribution in [2.24, 2.45) is 5.92 Å². The van der Waals surface area contributed by atoms with Crippen LogP contribution in [0.2, 0.25) is 0 Å². The van der Waals surface area contributed by atoms with E-state index in [0.717, 1.165) is 0 Å². The van der Waals surface area contributed by atoms with Gasteiger partial charge in [0.05, 0.1) is 23.8 Å². The Labute approximate surface area is 189 Å². The van der Waals surface area contributed by atoms with Crippen LogP contribution in [0.3, 0.4) is 0 Å². The number of nitrogens with one attached hydrogen (secondary N) is 2. The number of carboxylic acids is 1. The third-order valence-electron chi connectivity index (χ3n) is 6.44. The summed E-state index contributed by atoms with van der Waals surface area (Å²) < 4.78 is 5.15. The minimum absolute atomic E-state index is 0.101. The van der Waals surface area contributed by atoms with Crippen LogP contribution >= 0.6 is 0 Å². The van der Waals surface area contributed by atoms with Crippen LogP contribution in [-0.4, -0.2) is 60.1 Å². The predicted molar refractivity (Wildman–Crippen MR) is 116 cm³/mol. The normalized spacial score (nSPS) is 23.5. The van der Waals surface area contributed by atoms with E-state index in [1.807, 2.05) is 12.1 Å². The molecule has 2 aromatic carbocycles. The lowest BCUT2D eigenvalue weighted by atomic mass is 9.73. The Morgan fingerprint density at radius 2 is 1.76 bits per heavy atom. The van der Waals surface area contributed by atoms with Crippen LogP contribution in [0.5, 0.6) is 0 Å². The van der Waals surface area contributed by atoms with Crippen molar-refractivity contribution in [3.8, 4) is 0 Å². The number of amides is 3. The number of carboxylic acid groups (broad SMARTS) is 1. The van der Waals surface area contributed by atoms with Gasteiger partial charge in [-0.3, -0.25) is 14.9 Å². The number of benzene rings is 2. The number of aromatic carboxylic acids is 1. The highest BCUT2D eigenvalue weighted by atomic mass is 16.5. The van der Waals surface area contributed by atoms with Gasteiger partial charge in [0.1, 0.15) is 6.17 Å². The highest BCUT2D eigenvalue weighted by molar-refractivity contribution is 6.22. The number of methoxy groups -OCH3 is 1. The molecule has 0 radical (unpaired) electrons. The summed E-state index contributed by atoms with van der Waals surface area (Å²) in [7, 11) is 1.53. The Morgan fingerprint density at radius 1 is 1.06 bits per heavy atom. The van der Waals surface area contributed by atoms with Gasteiger partial charge in [0.25, 0.3) is 0 Å². The molecule has 9 heteroatoms. The maximum atomic E-state index is 13.5. The molecular formula is C24H21N3O6. The third kappa shape index (κ3) is 3.20. The molecule has 2 aromatic rings. The summed E-state index contributed by atoms with van der Waals surface area (Å²) in [5.74, 6) is -3.22. The number of urea groups is 1. The van der Waals surface area contributed by atoms with E-state index in [0.29, 0.717) is 28.0 Å². The number of hydrogen-bond donors (Lipinski definition) is 3. The van der Waals surface area contributed by atoms with E-state index in [4.69, 9.17) is 4.74 Å². The van der Waals surface area contributed by atoms with Gasteiger partial charge in [-0.1, -0.05) is 36.4 Å². The van der Waals surface area contributed by atoms with Crippen molar-refractivity contribution in [3.05, 3.63) is 76.4 Å². The van der Waals surface area contributed by atoms with Crippen LogP contribution in [0.25, 0.3) is 5.70 Å². The molecule has 33 heavy (non-hydrogen) atoms. The average molecular weight is 447 g/mol. The number of carbonyl (C=O) groups excluding carboxylic acids is 3. The Bertz CT molecular complexity index is 1220. The van der Waals surface area contributed by atoms with Gasteiger partial charge >= 0.3 is 12.0 Å². The van der Waals surface area contributed by atoms with E-state index >= 15 is 0 Å². The highest BCUT2D eigenvalue weighted by Gasteiger charge is 2.53. The fourth-order valence-electron chi connectivity index (χ4n) is 4.95. The zero-order valence-corrected chi connectivity index (χ0v) is 17.7.